The third kappa shape index (κ3) is 4.95. The van der Waals surface area contributed by atoms with E-state index >= 15 is 0 Å². The van der Waals surface area contributed by atoms with Crippen LogP contribution in [-0.4, -0.2) is 42.3 Å². The van der Waals surface area contributed by atoms with Crippen molar-refractivity contribution in [3.05, 3.63) is 59.2 Å². The quantitative estimate of drug-likeness (QED) is 0.750. The number of para-hydroxylation sites is 1. The van der Waals surface area contributed by atoms with Gasteiger partial charge in [-0.3, -0.25) is 14.4 Å². The number of carbonyl (C=O) groups is 3. The lowest BCUT2D eigenvalue weighted by atomic mass is 9.94. The summed E-state index contributed by atoms with van der Waals surface area (Å²) in [5.74, 6) is -0.357. The maximum Gasteiger partial charge on any atom is 0.228 e. The number of rotatable bonds is 5. The fraction of sp³-hybridized carbons (Fsp3) is 0.444. The maximum atomic E-state index is 13.1. The molecule has 2 saturated heterocycles. The number of aryl methyl sites for hydroxylation is 3. The molecule has 0 spiro atoms. The van der Waals surface area contributed by atoms with Crippen LogP contribution in [0.25, 0.3) is 0 Å². The first-order chi connectivity index (χ1) is 15.9. The van der Waals surface area contributed by atoms with E-state index in [9.17, 15) is 14.4 Å². The van der Waals surface area contributed by atoms with Gasteiger partial charge in [-0.2, -0.15) is 0 Å². The summed E-state index contributed by atoms with van der Waals surface area (Å²) in [5.41, 5.74) is 5.11. The van der Waals surface area contributed by atoms with E-state index in [1.807, 2.05) is 61.2 Å². The molecule has 174 valence electrons. The number of carbonyl (C=O) groups excluding carboxylic acids is 3. The molecule has 2 aromatic carbocycles. The van der Waals surface area contributed by atoms with E-state index in [0.29, 0.717) is 32.5 Å². The molecule has 0 saturated carbocycles. The van der Waals surface area contributed by atoms with Gasteiger partial charge in [0.25, 0.3) is 0 Å². The Bertz CT molecular complexity index is 1040. The van der Waals surface area contributed by atoms with Gasteiger partial charge in [0.15, 0.2) is 0 Å². The first kappa shape index (κ1) is 23.0. The van der Waals surface area contributed by atoms with Crippen LogP contribution in [0.3, 0.4) is 0 Å². The van der Waals surface area contributed by atoms with Gasteiger partial charge in [-0.15, -0.1) is 0 Å². The standard InChI is InChI=1S/C27H33N3O3/c1-4-20-7-5-6-19(3)25(20)28-26(32)21-12-14-29(15-13-21)27(33)22-16-24(31)30(17-22)23-10-8-18(2)9-11-23/h5-11,21-22H,4,12-17H2,1-3H3,(H,28,32). The SMILES string of the molecule is CCc1cccc(C)c1NC(=O)C1CCN(C(=O)C2CC(=O)N(c3ccc(C)cc3)C2)CC1. The van der Waals surface area contributed by atoms with Crippen LogP contribution >= 0.6 is 0 Å². The van der Waals surface area contributed by atoms with Crippen LogP contribution in [0.5, 0.6) is 0 Å². The fourth-order valence-corrected chi connectivity index (χ4v) is 4.89. The molecule has 0 aliphatic carbocycles. The van der Waals surface area contributed by atoms with E-state index in [1.165, 1.54) is 0 Å². The Hall–Kier alpha value is -3.15. The molecule has 2 aromatic rings. The second kappa shape index (κ2) is 9.77. The summed E-state index contributed by atoms with van der Waals surface area (Å²) in [6, 6.07) is 13.9. The van der Waals surface area contributed by atoms with Gasteiger partial charge in [0.1, 0.15) is 0 Å². The van der Waals surface area contributed by atoms with E-state index in [0.717, 1.165) is 34.5 Å². The van der Waals surface area contributed by atoms with Gasteiger partial charge < -0.3 is 15.1 Å². The number of benzene rings is 2. The summed E-state index contributed by atoms with van der Waals surface area (Å²) in [7, 11) is 0. The Morgan fingerprint density at radius 2 is 1.70 bits per heavy atom. The van der Waals surface area contributed by atoms with E-state index in [1.54, 1.807) is 4.90 Å². The van der Waals surface area contributed by atoms with E-state index in [4.69, 9.17) is 0 Å². The lowest BCUT2D eigenvalue weighted by Crippen LogP contribution is -2.44. The average molecular weight is 448 g/mol. The van der Waals surface area contributed by atoms with E-state index in [-0.39, 0.29) is 36.0 Å². The number of likely N-dealkylation sites (tertiary alicyclic amines) is 1. The van der Waals surface area contributed by atoms with Gasteiger partial charge in [-0.1, -0.05) is 42.8 Å². The topological polar surface area (TPSA) is 69.7 Å². The van der Waals surface area contributed by atoms with Gasteiger partial charge in [-0.05, 0) is 56.4 Å². The summed E-state index contributed by atoms with van der Waals surface area (Å²) in [4.78, 5) is 42.2. The minimum atomic E-state index is -0.316. The summed E-state index contributed by atoms with van der Waals surface area (Å²) in [6.07, 6.45) is 2.41. The Labute approximate surface area is 196 Å². The molecule has 2 heterocycles. The Morgan fingerprint density at radius 1 is 1.00 bits per heavy atom. The molecule has 1 atom stereocenters. The summed E-state index contributed by atoms with van der Waals surface area (Å²) in [5, 5.41) is 3.14. The van der Waals surface area contributed by atoms with Crippen LogP contribution in [0.2, 0.25) is 0 Å². The maximum absolute atomic E-state index is 13.1. The largest absolute Gasteiger partial charge is 0.342 e. The molecule has 2 aliphatic heterocycles. The average Bonchev–Trinajstić information content (AvgIpc) is 3.22. The minimum absolute atomic E-state index is 0.00331. The lowest BCUT2D eigenvalue weighted by Gasteiger charge is -2.33. The third-order valence-corrected chi connectivity index (χ3v) is 6.99. The number of amides is 3. The highest BCUT2D eigenvalue weighted by Gasteiger charge is 2.38. The summed E-state index contributed by atoms with van der Waals surface area (Å²) >= 11 is 0. The van der Waals surface area contributed by atoms with Crippen molar-refractivity contribution in [1.82, 2.24) is 4.90 Å². The molecule has 6 nitrogen and oxygen atoms in total. The molecular weight excluding hydrogens is 414 g/mol. The van der Waals surface area contributed by atoms with Gasteiger partial charge in [-0.25, -0.2) is 0 Å². The van der Waals surface area contributed by atoms with Crippen molar-refractivity contribution in [1.29, 1.82) is 0 Å². The van der Waals surface area contributed by atoms with E-state index in [2.05, 4.69) is 12.2 Å². The molecule has 0 radical (unpaired) electrons. The van der Waals surface area contributed by atoms with Crippen molar-refractivity contribution in [3.63, 3.8) is 0 Å². The van der Waals surface area contributed by atoms with Crippen LogP contribution in [0.4, 0.5) is 11.4 Å². The molecule has 1 N–H and O–H groups in total. The first-order valence-corrected chi connectivity index (χ1v) is 11.9. The molecular formula is C27H33N3O3. The second-order valence-electron chi connectivity index (χ2n) is 9.29. The first-order valence-electron chi connectivity index (χ1n) is 11.9. The van der Waals surface area contributed by atoms with Crippen LogP contribution in [0.1, 0.15) is 42.9 Å². The molecule has 2 fully saturated rings. The number of hydrogen-bond acceptors (Lipinski definition) is 3. The molecule has 0 bridgehead atoms. The smallest absolute Gasteiger partial charge is 0.228 e. The zero-order valence-electron chi connectivity index (χ0n) is 19.8. The number of nitrogens with zero attached hydrogens (tertiary/aromatic N) is 2. The predicted molar refractivity (Wildman–Crippen MR) is 130 cm³/mol. The number of hydrogen-bond donors (Lipinski definition) is 1. The summed E-state index contributed by atoms with van der Waals surface area (Å²) in [6.45, 7) is 7.64. The minimum Gasteiger partial charge on any atom is -0.342 e. The van der Waals surface area contributed by atoms with Crippen molar-refractivity contribution in [2.45, 2.75) is 46.5 Å². The predicted octanol–water partition coefficient (Wildman–Crippen LogP) is 4.10. The van der Waals surface area contributed by atoms with Gasteiger partial charge in [0, 0.05) is 43.3 Å². The molecule has 2 aliphatic rings. The van der Waals surface area contributed by atoms with Crippen molar-refractivity contribution in [2.24, 2.45) is 11.8 Å². The Balaban J connectivity index is 1.32. The molecule has 4 rings (SSSR count). The molecule has 1 unspecified atom stereocenters. The van der Waals surface area contributed by atoms with Gasteiger partial charge in [0.05, 0.1) is 5.92 Å². The van der Waals surface area contributed by atoms with Crippen molar-refractivity contribution >= 4 is 29.1 Å². The molecule has 3 amide bonds. The highest BCUT2D eigenvalue weighted by Crippen LogP contribution is 2.29. The number of anilines is 2. The fourth-order valence-electron chi connectivity index (χ4n) is 4.89. The van der Waals surface area contributed by atoms with Gasteiger partial charge in [0.2, 0.25) is 17.7 Å². The highest BCUT2D eigenvalue weighted by atomic mass is 16.2. The number of nitrogens with one attached hydrogen (secondary N) is 1. The highest BCUT2D eigenvalue weighted by molar-refractivity contribution is 6.00. The van der Waals surface area contributed by atoms with Crippen molar-refractivity contribution in [3.8, 4) is 0 Å². The number of piperidine rings is 1. The molecule has 0 aromatic heterocycles. The Morgan fingerprint density at radius 3 is 2.36 bits per heavy atom. The van der Waals surface area contributed by atoms with Gasteiger partial charge >= 0.3 is 0 Å². The van der Waals surface area contributed by atoms with E-state index < -0.39 is 0 Å². The zero-order valence-corrected chi connectivity index (χ0v) is 19.8. The molecule has 6 heteroatoms. The second-order valence-corrected chi connectivity index (χ2v) is 9.29. The van der Waals surface area contributed by atoms with Crippen LogP contribution < -0.4 is 10.2 Å². The van der Waals surface area contributed by atoms with Crippen LogP contribution in [-0.2, 0) is 20.8 Å². The monoisotopic (exact) mass is 447 g/mol. The normalized spacial score (nSPS) is 19.1. The van der Waals surface area contributed by atoms with Crippen LogP contribution in [0, 0.1) is 25.7 Å². The lowest BCUT2D eigenvalue weighted by molar-refractivity contribution is -0.138. The van der Waals surface area contributed by atoms with Crippen molar-refractivity contribution < 1.29 is 14.4 Å². The molecule has 33 heavy (non-hydrogen) atoms. The third-order valence-electron chi connectivity index (χ3n) is 6.99. The van der Waals surface area contributed by atoms with Crippen LogP contribution in [0.15, 0.2) is 42.5 Å². The Kier molecular flexibility index (Phi) is 6.82. The zero-order chi connectivity index (χ0) is 23.5. The summed E-state index contributed by atoms with van der Waals surface area (Å²) < 4.78 is 0. The van der Waals surface area contributed by atoms with Crippen molar-refractivity contribution in [2.75, 3.05) is 29.9 Å².